The van der Waals surface area contributed by atoms with Crippen molar-refractivity contribution >= 4 is 11.9 Å². The minimum atomic E-state index is -1.37. The van der Waals surface area contributed by atoms with E-state index < -0.39 is 24.8 Å². The summed E-state index contributed by atoms with van der Waals surface area (Å²) in [5.74, 6) is 8.18. The van der Waals surface area contributed by atoms with Crippen molar-refractivity contribution in [1.82, 2.24) is 0 Å². The molecule has 8 aliphatic carbocycles. The summed E-state index contributed by atoms with van der Waals surface area (Å²) < 4.78 is 1.69. The summed E-state index contributed by atoms with van der Waals surface area (Å²) in [5.41, 5.74) is 5.21. The first-order valence-electron chi connectivity index (χ1n) is 32.2. The van der Waals surface area contributed by atoms with Crippen molar-refractivity contribution in [2.24, 2.45) is 92.7 Å². The number of carboxylic acids is 2. The van der Waals surface area contributed by atoms with Crippen LogP contribution in [0.4, 0.5) is 0 Å². The third-order valence-electron chi connectivity index (χ3n) is 22.6. The SMILES string of the molecule is CC(C)CCC[C@@H](C)[C@H]1CC[C@H]2[C@@H]3CC=C4C[C@@H](O)CC[C@]4(C)[C@H]3CC[C@]12C.CC(C)CCC[C@@H](C)[C@H]1CC[C@H]2[C@@H]3CC=C4C[C@@H](O)CC[C@]4(C)[C@H]3CC[C@]12C.C[N+](C)(C)CCO.C[N+](C)(C)CCO.O=C([O-])CCC(=O)[O-]. The van der Waals surface area contributed by atoms with Crippen molar-refractivity contribution in [1.29, 1.82) is 0 Å². The van der Waals surface area contributed by atoms with Crippen molar-refractivity contribution in [2.45, 2.75) is 236 Å². The van der Waals surface area contributed by atoms with Crippen LogP contribution in [0.2, 0.25) is 0 Å². The van der Waals surface area contributed by atoms with E-state index in [4.69, 9.17) is 10.2 Å². The number of nitrogens with zero attached hydrogens (tertiary/aromatic N) is 2. The molecular formula is C68H124N2O8. The Hall–Kier alpha value is -1.82. The summed E-state index contributed by atoms with van der Waals surface area (Å²) in [6.07, 6.45) is 33.4. The predicted octanol–water partition coefficient (Wildman–Crippen LogP) is 11.4. The number of carbonyl (C=O) groups is 2. The number of fused-ring (bicyclic) bond motifs is 10. The summed E-state index contributed by atoms with van der Waals surface area (Å²) in [4.78, 5) is 19.0. The fraction of sp³-hybridized carbons (Fsp3) is 0.912. The second-order valence-electron chi connectivity index (χ2n) is 31.1. The number of hydrogen-bond acceptors (Lipinski definition) is 8. The number of quaternary nitrogens is 2. The van der Waals surface area contributed by atoms with Gasteiger partial charge < -0.3 is 49.2 Å². The summed E-state index contributed by atoms with van der Waals surface area (Å²) in [6, 6.07) is 0. The Labute approximate surface area is 479 Å². The molecule has 0 spiro atoms. The Bertz CT molecular complexity index is 1770. The lowest BCUT2D eigenvalue weighted by Gasteiger charge is -2.58. The van der Waals surface area contributed by atoms with Crippen LogP contribution in [-0.2, 0) is 9.59 Å². The van der Waals surface area contributed by atoms with Crippen molar-refractivity contribution < 1.29 is 49.2 Å². The lowest BCUT2D eigenvalue weighted by molar-refractivity contribution is -0.870. The lowest BCUT2D eigenvalue weighted by atomic mass is 9.47. The average Bonchev–Trinajstić information content (AvgIpc) is 4.08. The largest absolute Gasteiger partial charge is 0.550 e. The van der Waals surface area contributed by atoms with E-state index in [1.807, 2.05) is 0 Å². The number of aliphatic hydroxyl groups excluding tert-OH is 4. The van der Waals surface area contributed by atoms with Crippen LogP contribution >= 0.6 is 0 Å². The number of allylic oxidation sites excluding steroid dienone is 2. The quantitative estimate of drug-likeness (QED) is 0.0827. The molecule has 6 fully saturated rings. The van der Waals surface area contributed by atoms with Crippen LogP contribution in [0.25, 0.3) is 0 Å². The minimum Gasteiger partial charge on any atom is -0.550 e. The summed E-state index contributed by atoms with van der Waals surface area (Å²) in [6.45, 7) is 27.4. The number of hydrogen-bond donors (Lipinski definition) is 4. The van der Waals surface area contributed by atoms with Gasteiger partial charge in [-0.25, -0.2) is 0 Å². The molecule has 0 bridgehead atoms. The molecule has 0 amide bonds. The molecule has 8 aliphatic rings. The lowest BCUT2D eigenvalue weighted by Crippen LogP contribution is -2.50. The minimum absolute atomic E-state index is 0.0766. The number of rotatable bonds is 17. The molecule has 0 unspecified atom stereocenters. The maximum absolute atomic E-state index is 10.2. The molecule has 8 rings (SSSR count). The molecule has 454 valence electrons. The van der Waals surface area contributed by atoms with E-state index in [1.54, 1.807) is 11.1 Å². The summed E-state index contributed by atoms with van der Waals surface area (Å²) >= 11 is 0. The van der Waals surface area contributed by atoms with Crippen LogP contribution in [-0.4, -0.2) is 122 Å². The van der Waals surface area contributed by atoms with Crippen molar-refractivity contribution in [2.75, 3.05) is 68.6 Å². The van der Waals surface area contributed by atoms with E-state index in [0.717, 1.165) is 119 Å². The molecule has 10 nitrogen and oxygen atoms in total. The van der Waals surface area contributed by atoms with Crippen LogP contribution in [0.15, 0.2) is 23.3 Å². The third kappa shape index (κ3) is 18.3. The Morgan fingerprint density at radius 2 is 0.872 bits per heavy atom. The maximum Gasteiger partial charge on any atom is 0.101 e. The van der Waals surface area contributed by atoms with Gasteiger partial charge in [-0.1, -0.05) is 131 Å². The molecule has 0 aromatic heterocycles. The highest BCUT2D eigenvalue weighted by Gasteiger charge is 2.61. The van der Waals surface area contributed by atoms with Crippen LogP contribution in [0.3, 0.4) is 0 Å². The van der Waals surface area contributed by atoms with Gasteiger partial charge in [-0.15, -0.1) is 0 Å². The summed E-state index contributed by atoms with van der Waals surface area (Å²) in [5, 5.41) is 56.2. The van der Waals surface area contributed by atoms with Gasteiger partial charge in [0.1, 0.15) is 13.1 Å². The smallest absolute Gasteiger partial charge is 0.101 e. The second kappa shape index (κ2) is 29.6. The first-order chi connectivity index (χ1) is 36.3. The average molecular weight is 1100 g/mol. The fourth-order valence-electron chi connectivity index (χ4n) is 18.1. The highest BCUT2D eigenvalue weighted by Crippen LogP contribution is 2.69. The molecule has 16 atom stereocenters. The van der Waals surface area contributed by atoms with Gasteiger partial charge in [0, 0.05) is 11.9 Å². The molecule has 0 heterocycles. The van der Waals surface area contributed by atoms with Gasteiger partial charge in [-0.05, 0) is 208 Å². The van der Waals surface area contributed by atoms with E-state index in [0.29, 0.717) is 21.7 Å². The number of carboxylic acid groups (broad SMARTS) is 2. The van der Waals surface area contributed by atoms with E-state index >= 15 is 0 Å². The zero-order valence-corrected chi connectivity index (χ0v) is 53.4. The summed E-state index contributed by atoms with van der Waals surface area (Å²) in [7, 11) is 12.3. The monoisotopic (exact) mass is 1100 g/mol. The molecular weight excluding hydrogens is 973 g/mol. The predicted molar refractivity (Wildman–Crippen MR) is 317 cm³/mol. The van der Waals surface area contributed by atoms with Crippen molar-refractivity contribution in [3.8, 4) is 0 Å². The number of aliphatic carboxylic acids is 2. The molecule has 0 aromatic rings. The van der Waals surface area contributed by atoms with Crippen LogP contribution in [0, 0.1) is 92.7 Å². The van der Waals surface area contributed by atoms with Gasteiger partial charge >= 0.3 is 0 Å². The Balaban J connectivity index is 0.000000244. The second-order valence-corrected chi connectivity index (χ2v) is 31.1. The zero-order chi connectivity index (χ0) is 58.6. The highest BCUT2D eigenvalue weighted by molar-refractivity contribution is 5.72. The molecule has 0 aliphatic heterocycles. The Morgan fingerprint density at radius 1 is 0.526 bits per heavy atom. The Morgan fingerprint density at radius 3 is 1.15 bits per heavy atom. The standard InChI is InChI=1S/2C27H46O.2C5H14NO.C4H6O4/c2*1-18(2)7-6-8-19(3)23-11-12-24-22-10-9-20-17-21(28)13-15-26(20,4)25(22)14-16-27(23,24)5;2*1-6(2,3)4-5-7;5-3(6)1-2-4(7)8/h2*9,18-19,21-25,28H,6-8,10-17H2,1-5H3;2*7H,4-5H2,1-3H3;1-2H2,(H,5,6)(H,7,8)/q;;2*+1;/p-2/t2*19-,21+,22+,23-,24+,25+,26+,27-;;;/m11.../s1. The van der Waals surface area contributed by atoms with E-state index in [1.165, 1.54) is 116 Å². The van der Waals surface area contributed by atoms with Gasteiger partial charge in [0.25, 0.3) is 0 Å². The Kier molecular flexibility index (Phi) is 26.1. The van der Waals surface area contributed by atoms with Gasteiger partial charge in [0.15, 0.2) is 0 Å². The normalized spacial score (nSPS) is 36.4. The highest BCUT2D eigenvalue weighted by atomic mass is 16.4. The molecule has 78 heavy (non-hydrogen) atoms. The van der Waals surface area contributed by atoms with Crippen LogP contribution < -0.4 is 10.2 Å². The molecule has 0 aromatic carbocycles. The molecule has 4 N–H and O–H groups in total. The van der Waals surface area contributed by atoms with Crippen molar-refractivity contribution in [3.63, 3.8) is 0 Å². The van der Waals surface area contributed by atoms with Gasteiger partial charge in [-0.2, -0.15) is 0 Å². The van der Waals surface area contributed by atoms with E-state index in [9.17, 15) is 30.0 Å². The molecule has 0 radical (unpaired) electrons. The maximum atomic E-state index is 10.2. The van der Waals surface area contributed by atoms with Crippen LogP contribution in [0.1, 0.15) is 223 Å². The van der Waals surface area contributed by atoms with Crippen molar-refractivity contribution in [3.05, 3.63) is 23.3 Å². The van der Waals surface area contributed by atoms with Crippen LogP contribution in [0.5, 0.6) is 0 Å². The topological polar surface area (TPSA) is 161 Å². The number of likely N-dealkylation sites (N-methyl/N-ethyl adjacent to an activating group) is 2. The van der Waals surface area contributed by atoms with Gasteiger partial charge in [-0.3, -0.25) is 0 Å². The zero-order valence-electron chi connectivity index (χ0n) is 53.4. The third-order valence-corrected chi connectivity index (χ3v) is 22.6. The first-order valence-corrected chi connectivity index (χ1v) is 32.2. The molecule has 10 heteroatoms. The number of aliphatic hydroxyl groups is 4. The molecule has 0 saturated heterocycles. The first kappa shape index (κ1) is 68.7. The van der Waals surface area contributed by atoms with Gasteiger partial charge in [0.2, 0.25) is 0 Å². The molecule has 6 saturated carbocycles. The van der Waals surface area contributed by atoms with Gasteiger partial charge in [0.05, 0.1) is 67.7 Å². The fourth-order valence-corrected chi connectivity index (χ4v) is 18.1. The number of carbonyl (C=O) groups excluding carboxylic acids is 2. The van der Waals surface area contributed by atoms with E-state index in [2.05, 4.69) is 124 Å². The van der Waals surface area contributed by atoms with E-state index in [-0.39, 0.29) is 25.4 Å².